The first-order valence-electron chi connectivity index (χ1n) is 12.2. The van der Waals surface area contributed by atoms with Crippen molar-refractivity contribution in [2.45, 2.75) is 32.2 Å². The first-order valence-corrected chi connectivity index (χ1v) is 13.1. The number of aromatic amines is 1. The molecule has 9 heteroatoms. The van der Waals surface area contributed by atoms with Crippen LogP contribution >= 0.6 is 11.3 Å². The van der Waals surface area contributed by atoms with Gasteiger partial charge in [0.1, 0.15) is 10.7 Å². The third kappa shape index (κ3) is 3.61. The number of carbonyl (C=O) groups is 2. The second kappa shape index (κ2) is 8.53. The number of piperazine rings is 1. The Morgan fingerprint density at radius 1 is 1.14 bits per heavy atom. The molecule has 1 saturated heterocycles. The van der Waals surface area contributed by atoms with Gasteiger partial charge in [-0.1, -0.05) is 30.3 Å². The number of carbonyl (C=O) groups excluding carboxylic acids is 2. The average molecular weight is 501 g/mol. The minimum Gasteiger partial charge on any atom is -0.359 e. The van der Waals surface area contributed by atoms with E-state index < -0.39 is 5.41 Å². The highest BCUT2D eigenvalue weighted by Gasteiger charge is 2.46. The van der Waals surface area contributed by atoms with Crippen LogP contribution in [0.15, 0.2) is 54.0 Å². The first kappa shape index (κ1) is 22.9. The van der Waals surface area contributed by atoms with Gasteiger partial charge < -0.3 is 9.88 Å². The number of imide groups is 1. The molecule has 1 atom stereocenters. The summed E-state index contributed by atoms with van der Waals surface area (Å²) in [6.45, 7) is 8.36. The van der Waals surface area contributed by atoms with Crippen LogP contribution in [0.3, 0.4) is 0 Å². The van der Waals surface area contributed by atoms with Gasteiger partial charge in [-0.3, -0.25) is 14.5 Å². The summed E-state index contributed by atoms with van der Waals surface area (Å²) in [5.41, 5.74) is 5.54. The Bertz CT molecular complexity index is 1440. The van der Waals surface area contributed by atoms with Gasteiger partial charge in [-0.2, -0.15) is 0 Å². The lowest BCUT2D eigenvalue weighted by molar-refractivity contribution is -0.129. The predicted molar refractivity (Wildman–Crippen MR) is 142 cm³/mol. The number of nitrogens with zero attached hydrogens (tertiary/aromatic N) is 5. The standard InChI is InChI=1S/C27H28N6O2S/c1-17-14-32(25-23(28-16-36-25)24-29-19-9-5-6-10-20(19)30-24)13-12-31(17)15-22(34)33-21-11-7-4-8-18(21)27(2,3)26(33)35/h4-11,16-17H,12-15H2,1-3H3,(H,29,30)/t17-/m1/s1. The molecule has 1 fully saturated rings. The second-order valence-corrected chi connectivity index (χ2v) is 10.9. The fourth-order valence-electron chi connectivity index (χ4n) is 5.30. The molecule has 0 spiro atoms. The van der Waals surface area contributed by atoms with Crippen LogP contribution in [0, 0.1) is 0 Å². The number of para-hydroxylation sites is 3. The zero-order valence-corrected chi connectivity index (χ0v) is 21.4. The number of rotatable bonds is 4. The van der Waals surface area contributed by atoms with Crippen molar-refractivity contribution in [1.29, 1.82) is 0 Å². The Hall–Kier alpha value is -3.56. The first-order chi connectivity index (χ1) is 17.3. The number of amides is 2. The number of hydrogen-bond acceptors (Lipinski definition) is 7. The summed E-state index contributed by atoms with van der Waals surface area (Å²) >= 11 is 1.61. The summed E-state index contributed by atoms with van der Waals surface area (Å²) < 4.78 is 0. The lowest BCUT2D eigenvalue weighted by atomic mass is 9.86. The molecule has 1 N–H and O–H groups in total. The number of nitrogens with one attached hydrogen (secondary N) is 1. The molecular formula is C27H28N6O2S. The van der Waals surface area contributed by atoms with Gasteiger partial charge >= 0.3 is 0 Å². The van der Waals surface area contributed by atoms with Crippen LogP contribution in [0.25, 0.3) is 22.6 Å². The molecule has 2 aliphatic heterocycles. The van der Waals surface area contributed by atoms with Crippen molar-refractivity contribution in [3.8, 4) is 11.5 Å². The largest absolute Gasteiger partial charge is 0.359 e. The van der Waals surface area contributed by atoms with E-state index in [0.29, 0.717) is 5.69 Å². The zero-order chi connectivity index (χ0) is 25.0. The molecule has 4 heterocycles. The number of fused-ring (bicyclic) bond motifs is 2. The molecule has 2 aliphatic rings. The molecule has 0 saturated carbocycles. The number of hydrogen-bond donors (Lipinski definition) is 1. The molecule has 4 aromatic rings. The molecule has 2 aromatic heterocycles. The maximum atomic E-state index is 13.4. The molecule has 184 valence electrons. The van der Waals surface area contributed by atoms with Crippen LogP contribution in [-0.2, 0) is 15.0 Å². The summed E-state index contributed by atoms with van der Waals surface area (Å²) in [4.78, 5) is 45.2. The van der Waals surface area contributed by atoms with Crippen molar-refractivity contribution >= 4 is 44.9 Å². The fourth-order valence-corrected chi connectivity index (χ4v) is 6.13. The third-order valence-electron chi connectivity index (χ3n) is 7.36. The minimum absolute atomic E-state index is 0.134. The van der Waals surface area contributed by atoms with Gasteiger partial charge in [-0.25, -0.2) is 14.9 Å². The summed E-state index contributed by atoms with van der Waals surface area (Å²) in [6, 6.07) is 15.7. The Morgan fingerprint density at radius 2 is 1.92 bits per heavy atom. The van der Waals surface area contributed by atoms with Crippen LogP contribution in [0.1, 0.15) is 26.3 Å². The van der Waals surface area contributed by atoms with Crippen molar-refractivity contribution in [2.24, 2.45) is 0 Å². The van der Waals surface area contributed by atoms with Crippen LogP contribution < -0.4 is 9.80 Å². The van der Waals surface area contributed by atoms with E-state index in [0.717, 1.165) is 52.8 Å². The quantitative estimate of drug-likeness (QED) is 0.455. The molecule has 6 rings (SSSR count). The van der Waals surface area contributed by atoms with Gasteiger partial charge in [-0.05, 0) is 44.5 Å². The number of thiazole rings is 1. The highest BCUT2D eigenvalue weighted by molar-refractivity contribution is 7.14. The Morgan fingerprint density at radius 3 is 2.72 bits per heavy atom. The van der Waals surface area contributed by atoms with E-state index in [2.05, 4.69) is 26.7 Å². The van der Waals surface area contributed by atoms with Gasteiger partial charge in [0.05, 0.1) is 34.2 Å². The molecule has 36 heavy (non-hydrogen) atoms. The molecule has 2 aromatic carbocycles. The molecule has 0 aliphatic carbocycles. The predicted octanol–water partition coefficient (Wildman–Crippen LogP) is 4.05. The average Bonchev–Trinajstić information content (AvgIpc) is 3.56. The topological polar surface area (TPSA) is 85.4 Å². The second-order valence-electron chi connectivity index (χ2n) is 10.1. The van der Waals surface area contributed by atoms with E-state index in [1.165, 1.54) is 4.90 Å². The van der Waals surface area contributed by atoms with Crippen LogP contribution in [0.4, 0.5) is 10.7 Å². The molecule has 2 amide bonds. The van der Waals surface area contributed by atoms with Crippen molar-refractivity contribution in [3.63, 3.8) is 0 Å². The van der Waals surface area contributed by atoms with Crippen molar-refractivity contribution in [2.75, 3.05) is 36.0 Å². The smallest absolute Gasteiger partial charge is 0.247 e. The van der Waals surface area contributed by atoms with Crippen molar-refractivity contribution < 1.29 is 9.59 Å². The number of anilines is 2. The molecule has 8 nitrogen and oxygen atoms in total. The highest BCUT2D eigenvalue weighted by atomic mass is 32.1. The normalized spacial score (nSPS) is 19.8. The van der Waals surface area contributed by atoms with Gasteiger partial charge in [0.15, 0.2) is 5.82 Å². The van der Waals surface area contributed by atoms with Crippen LogP contribution in [0.2, 0.25) is 0 Å². The lowest BCUT2D eigenvalue weighted by Gasteiger charge is -2.40. The molecule has 0 bridgehead atoms. The van der Waals surface area contributed by atoms with E-state index in [4.69, 9.17) is 4.98 Å². The maximum absolute atomic E-state index is 13.4. The van der Waals surface area contributed by atoms with E-state index in [-0.39, 0.29) is 24.4 Å². The summed E-state index contributed by atoms with van der Waals surface area (Å²) in [6.07, 6.45) is 0. The van der Waals surface area contributed by atoms with E-state index >= 15 is 0 Å². The van der Waals surface area contributed by atoms with Crippen LogP contribution in [-0.4, -0.2) is 63.9 Å². The number of H-pyrrole nitrogens is 1. The van der Waals surface area contributed by atoms with E-state index in [1.54, 1.807) is 11.3 Å². The monoisotopic (exact) mass is 500 g/mol. The molecule has 0 unspecified atom stereocenters. The minimum atomic E-state index is -0.699. The Kier molecular flexibility index (Phi) is 5.42. The summed E-state index contributed by atoms with van der Waals surface area (Å²) in [5.74, 6) is 0.450. The fraction of sp³-hybridized carbons (Fsp3) is 0.333. The van der Waals surface area contributed by atoms with E-state index in [9.17, 15) is 9.59 Å². The third-order valence-corrected chi connectivity index (χ3v) is 8.24. The van der Waals surface area contributed by atoms with E-state index in [1.807, 2.05) is 67.9 Å². The molecular weight excluding hydrogens is 472 g/mol. The molecule has 0 radical (unpaired) electrons. The Balaban J connectivity index is 1.17. The zero-order valence-electron chi connectivity index (χ0n) is 20.6. The summed E-state index contributed by atoms with van der Waals surface area (Å²) in [5, 5.41) is 1.08. The SMILES string of the molecule is C[C@@H]1CN(c2scnc2-c2nc3ccccc3[nH]2)CCN1CC(=O)N1C(=O)C(C)(C)c2ccccc21. The number of aromatic nitrogens is 3. The summed E-state index contributed by atoms with van der Waals surface area (Å²) in [7, 11) is 0. The maximum Gasteiger partial charge on any atom is 0.247 e. The van der Waals surface area contributed by atoms with Crippen LogP contribution in [0.5, 0.6) is 0 Å². The van der Waals surface area contributed by atoms with Crippen molar-refractivity contribution in [3.05, 3.63) is 59.6 Å². The van der Waals surface area contributed by atoms with Gasteiger partial charge in [0.25, 0.3) is 0 Å². The van der Waals surface area contributed by atoms with Crippen molar-refractivity contribution in [1.82, 2.24) is 19.9 Å². The lowest BCUT2D eigenvalue weighted by Crippen LogP contribution is -2.55. The number of imidazole rings is 1. The van der Waals surface area contributed by atoms with Gasteiger partial charge in [-0.15, -0.1) is 11.3 Å². The number of benzene rings is 2. The van der Waals surface area contributed by atoms with Gasteiger partial charge in [0, 0.05) is 25.7 Å². The van der Waals surface area contributed by atoms with Gasteiger partial charge in [0.2, 0.25) is 11.8 Å². The Labute approximate surface area is 213 Å². The highest BCUT2D eigenvalue weighted by Crippen LogP contribution is 2.41.